The minimum atomic E-state index is -1.23. The molecule has 1 aliphatic heterocycles. The molecule has 70 heavy (non-hydrogen) atoms. The van der Waals surface area contributed by atoms with Gasteiger partial charge in [0.15, 0.2) is 17.3 Å². The van der Waals surface area contributed by atoms with Crippen LogP contribution in [0.15, 0.2) is 91.1 Å². The van der Waals surface area contributed by atoms with Gasteiger partial charge in [-0.1, -0.05) is 56.7 Å². The van der Waals surface area contributed by atoms with Crippen molar-refractivity contribution >= 4 is 29.2 Å². The summed E-state index contributed by atoms with van der Waals surface area (Å²) < 4.78 is 14.1. The second-order valence-corrected chi connectivity index (χ2v) is 18.0. The molecule has 0 spiro atoms. The molecule has 7 N–H and O–H groups in total. The fourth-order valence-electron chi connectivity index (χ4n) is 8.92. The number of Topliss-reactive ketones (excluding diaryl/α,β-unsaturated/α-hetero) is 3. The third-order valence-corrected chi connectivity index (χ3v) is 12.8. The van der Waals surface area contributed by atoms with E-state index in [0.717, 1.165) is 36.2 Å². The number of benzene rings is 4. The third-order valence-electron chi connectivity index (χ3n) is 12.8. The highest BCUT2D eigenvalue weighted by Gasteiger charge is 2.36. The number of hydrogen-bond acceptors (Lipinski definition) is 12. The van der Waals surface area contributed by atoms with E-state index < -0.39 is 41.5 Å². The Kier molecular flexibility index (Phi) is 18.7. The molecule has 0 unspecified atom stereocenters. The maximum Gasteiger partial charge on any atom is 0.226 e. The molecule has 0 fully saturated rings. The number of fused-ring (bicyclic) bond motifs is 5. The molecule has 6 rings (SSSR count). The number of nitrogens with zero attached hydrogens (tertiary/aromatic N) is 4. The summed E-state index contributed by atoms with van der Waals surface area (Å²) in [6.45, 7) is 6.50. The lowest BCUT2D eigenvalue weighted by Crippen LogP contribution is -2.46. The lowest BCUT2D eigenvalue weighted by atomic mass is 9.88. The van der Waals surface area contributed by atoms with Crippen LogP contribution in [-0.2, 0) is 32.0 Å². The number of nitrogens with two attached hydrogens (primary N) is 3. The summed E-state index contributed by atoms with van der Waals surface area (Å²) in [5.74, 6) is -3.00. The van der Waals surface area contributed by atoms with Gasteiger partial charge in [0, 0.05) is 86.1 Å². The Bertz CT molecular complexity index is 2690. The van der Waals surface area contributed by atoms with E-state index >= 15 is 0 Å². The van der Waals surface area contributed by atoms with E-state index in [1.165, 1.54) is 17.5 Å². The zero-order valence-corrected chi connectivity index (χ0v) is 40.7. The number of carbonyl (C=O) groups excluding carboxylic acids is 5. The van der Waals surface area contributed by atoms with Crippen LogP contribution in [0.1, 0.15) is 97.4 Å². The quantitative estimate of drug-likeness (QED) is 0.0557. The van der Waals surface area contributed by atoms with Crippen LogP contribution in [0.2, 0.25) is 0 Å². The van der Waals surface area contributed by atoms with Crippen LogP contribution in [0.3, 0.4) is 0 Å². The summed E-state index contributed by atoms with van der Waals surface area (Å²) in [4.78, 5) is 72.5. The minimum absolute atomic E-state index is 0.0298. The molecule has 2 heterocycles. The molecule has 5 aromatic rings. The number of ketones is 3. The number of carbonyl (C=O) groups is 5. The van der Waals surface area contributed by atoms with Gasteiger partial charge in [-0.3, -0.25) is 24.0 Å². The molecule has 4 aromatic carbocycles. The fraction of sp³-hybridized carbons (Fsp3) is 0.400. The second kappa shape index (κ2) is 25.0. The summed E-state index contributed by atoms with van der Waals surface area (Å²) >= 11 is 0. The molecule has 0 saturated carbocycles. The third kappa shape index (κ3) is 13.0. The van der Waals surface area contributed by atoms with Crippen LogP contribution < -0.4 is 32.0 Å². The van der Waals surface area contributed by atoms with Crippen molar-refractivity contribution < 1.29 is 33.4 Å². The summed E-state index contributed by atoms with van der Waals surface area (Å²) in [5, 5.41) is 16.9. The van der Waals surface area contributed by atoms with Gasteiger partial charge in [-0.25, -0.2) is 4.68 Å². The van der Waals surface area contributed by atoms with E-state index in [4.69, 9.17) is 31.8 Å². The Balaban J connectivity index is 1.33. The molecule has 368 valence electrons. The highest BCUT2D eigenvalue weighted by molar-refractivity contribution is 6.01. The summed E-state index contributed by atoms with van der Waals surface area (Å²) in [7, 11) is 1.52. The van der Waals surface area contributed by atoms with Gasteiger partial charge in [0.05, 0.1) is 23.5 Å². The van der Waals surface area contributed by atoms with Gasteiger partial charge in [-0.05, 0) is 110 Å². The number of hydrogen-bond donors (Lipinski definition) is 4. The Labute approximate surface area is 410 Å². The first-order valence-corrected chi connectivity index (χ1v) is 24.2. The zero-order chi connectivity index (χ0) is 50.3. The SMILES string of the molecule is CCCCc1ccc(-c2ccn(-c3ccc(C(=O)C[C@@H](CCN)C(=O)N(C)[C@@H]4C(=O)C[C@@H](C)C(=O)N[C@H](C(=O)CCC#N)Cc5ccc(OCCN)c(c5)-c5cc4ccc5OCCN)c(C)c3)n2)cc1. The molecule has 4 atom stereocenters. The highest BCUT2D eigenvalue weighted by Crippen LogP contribution is 2.41. The van der Waals surface area contributed by atoms with E-state index in [0.29, 0.717) is 44.9 Å². The van der Waals surface area contributed by atoms with Crippen LogP contribution in [0.5, 0.6) is 11.5 Å². The van der Waals surface area contributed by atoms with Crippen molar-refractivity contribution in [3.05, 3.63) is 119 Å². The van der Waals surface area contributed by atoms with Crippen molar-refractivity contribution in [3.63, 3.8) is 0 Å². The number of likely N-dealkylation sites (N-methyl/N-ethyl adjacent to an activating group) is 1. The Morgan fingerprint density at radius 1 is 0.900 bits per heavy atom. The van der Waals surface area contributed by atoms with Gasteiger partial charge < -0.3 is 36.9 Å². The fourth-order valence-corrected chi connectivity index (χ4v) is 8.92. The predicted molar refractivity (Wildman–Crippen MR) is 269 cm³/mol. The number of aromatic nitrogens is 2. The molecule has 15 heteroatoms. The number of rotatable bonds is 21. The van der Waals surface area contributed by atoms with E-state index in [1.807, 2.05) is 43.5 Å². The molecular formula is C55H66N8O7. The first kappa shape index (κ1) is 52.4. The molecule has 15 nitrogen and oxygen atoms in total. The number of ether oxygens (including phenoxy) is 2. The highest BCUT2D eigenvalue weighted by atomic mass is 16.5. The maximum atomic E-state index is 14.8. The Morgan fingerprint density at radius 3 is 2.26 bits per heavy atom. The molecule has 4 bridgehead atoms. The first-order chi connectivity index (χ1) is 33.8. The monoisotopic (exact) mass is 951 g/mol. The number of nitriles is 1. The van der Waals surface area contributed by atoms with Gasteiger partial charge in [-0.15, -0.1) is 0 Å². The number of amides is 2. The van der Waals surface area contributed by atoms with Gasteiger partial charge in [-0.2, -0.15) is 10.4 Å². The van der Waals surface area contributed by atoms with Crippen molar-refractivity contribution in [1.82, 2.24) is 20.0 Å². The number of aryl methyl sites for hydroxylation is 2. The first-order valence-electron chi connectivity index (χ1n) is 24.2. The van der Waals surface area contributed by atoms with E-state index in [2.05, 4.69) is 36.5 Å². The van der Waals surface area contributed by atoms with Crippen LogP contribution in [-0.4, -0.2) is 89.8 Å². The van der Waals surface area contributed by atoms with Gasteiger partial charge in [0.2, 0.25) is 11.8 Å². The number of nitrogens with one attached hydrogen (secondary N) is 1. The van der Waals surface area contributed by atoms with Crippen LogP contribution >= 0.6 is 0 Å². The van der Waals surface area contributed by atoms with Crippen molar-refractivity contribution in [3.8, 4) is 45.6 Å². The van der Waals surface area contributed by atoms with Crippen molar-refractivity contribution in [2.45, 2.75) is 90.6 Å². The van der Waals surface area contributed by atoms with E-state index in [-0.39, 0.29) is 82.9 Å². The molecule has 0 saturated heterocycles. The summed E-state index contributed by atoms with van der Waals surface area (Å²) in [6.07, 6.45) is 4.89. The smallest absolute Gasteiger partial charge is 0.226 e. The average molecular weight is 951 g/mol. The van der Waals surface area contributed by atoms with E-state index in [9.17, 15) is 29.2 Å². The lowest BCUT2D eigenvalue weighted by molar-refractivity contribution is -0.142. The van der Waals surface area contributed by atoms with Crippen LogP contribution in [0.25, 0.3) is 28.1 Å². The number of unbranched alkanes of at least 4 members (excludes halogenated alkanes) is 1. The van der Waals surface area contributed by atoms with Crippen LogP contribution in [0, 0.1) is 30.1 Å². The summed E-state index contributed by atoms with van der Waals surface area (Å²) in [5.41, 5.74) is 25.1. The predicted octanol–water partition coefficient (Wildman–Crippen LogP) is 6.78. The average Bonchev–Trinajstić information content (AvgIpc) is 3.86. The molecular weight excluding hydrogens is 885 g/mol. The second-order valence-electron chi connectivity index (χ2n) is 18.0. The zero-order valence-electron chi connectivity index (χ0n) is 40.7. The maximum absolute atomic E-state index is 14.8. The standard InChI is InChI=1S/C55H66N8O7/c1-5-6-8-37-10-13-39(14-11-37)46-21-26-63(61-46)42-16-17-43(35(2)29-42)49(65)34-41(20-23-57)55(68)62(4)53-40-15-19-52(70-28-25-59)45(33-40)44-31-38(12-18-51(44)69-27-24-58)32-47(48(64)9-7-22-56)60-54(67)36(3)30-50(53)66/h10-19,21,26,29,31,33,36,41,47,53H,5-9,20,23-25,27-28,30,32,34,57-59H2,1-4H3,(H,60,67)/t36-,41-,47+,53+/m1/s1. The van der Waals surface area contributed by atoms with Gasteiger partial charge in [0.1, 0.15) is 30.8 Å². The van der Waals surface area contributed by atoms with Crippen LogP contribution in [0.4, 0.5) is 0 Å². The normalized spacial score (nSPS) is 16.3. The lowest BCUT2D eigenvalue weighted by Gasteiger charge is -2.32. The molecule has 1 aliphatic rings. The molecule has 0 radical (unpaired) electrons. The molecule has 2 amide bonds. The van der Waals surface area contributed by atoms with Gasteiger partial charge >= 0.3 is 0 Å². The summed E-state index contributed by atoms with van der Waals surface area (Å²) in [6, 6.07) is 26.2. The van der Waals surface area contributed by atoms with Crippen molar-refractivity contribution in [2.24, 2.45) is 29.0 Å². The molecule has 0 aliphatic carbocycles. The Morgan fingerprint density at radius 2 is 1.60 bits per heavy atom. The molecule has 1 aromatic heterocycles. The Hall–Kier alpha value is -6.99. The van der Waals surface area contributed by atoms with E-state index in [1.54, 1.807) is 48.0 Å². The van der Waals surface area contributed by atoms with Crippen molar-refractivity contribution in [1.29, 1.82) is 5.26 Å². The largest absolute Gasteiger partial charge is 0.492 e. The minimum Gasteiger partial charge on any atom is -0.492 e. The van der Waals surface area contributed by atoms with Crippen molar-refractivity contribution in [2.75, 3.05) is 39.9 Å². The topological polar surface area (TPSA) is 239 Å². The van der Waals surface area contributed by atoms with Gasteiger partial charge in [0.25, 0.3) is 0 Å².